The molecular formula is C13H25N3O2S. The predicted octanol–water partition coefficient (Wildman–Crippen LogP) is 1.59. The normalized spacial score (nSPS) is 13.2. The first-order chi connectivity index (χ1) is 8.62. The van der Waals surface area contributed by atoms with E-state index in [0.717, 1.165) is 5.69 Å². The van der Waals surface area contributed by atoms with Crippen LogP contribution in [0.1, 0.15) is 40.3 Å². The van der Waals surface area contributed by atoms with E-state index in [9.17, 15) is 8.42 Å². The zero-order valence-corrected chi connectivity index (χ0v) is 13.3. The molecule has 0 saturated carbocycles. The van der Waals surface area contributed by atoms with Gasteiger partial charge in [0.2, 0.25) is 0 Å². The van der Waals surface area contributed by atoms with E-state index >= 15 is 0 Å². The summed E-state index contributed by atoms with van der Waals surface area (Å²) >= 11 is 0. The van der Waals surface area contributed by atoms with Crippen LogP contribution in [0.2, 0.25) is 0 Å². The highest BCUT2D eigenvalue weighted by atomic mass is 32.2. The molecule has 1 heterocycles. The third-order valence-electron chi connectivity index (χ3n) is 2.93. The Morgan fingerprint density at radius 1 is 1.37 bits per heavy atom. The fourth-order valence-corrected chi connectivity index (χ4v) is 2.52. The van der Waals surface area contributed by atoms with Gasteiger partial charge in [0.25, 0.3) is 0 Å². The number of sulfone groups is 1. The summed E-state index contributed by atoms with van der Waals surface area (Å²) in [5.41, 5.74) is 0.932. The molecule has 0 spiro atoms. The van der Waals surface area contributed by atoms with E-state index in [1.807, 2.05) is 10.8 Å². The Labute approximate surface area is 116 Å². The fraction of sp³-hybridized carbons (Fsp3) is 0.769. The molecule has 1 N–H and O–H groups in total. The number of hydrogen-bond donors (Lipinski definition) is 1. The van der Waals surface area contributed by atoms with Crippen LogP contribution in [0.5, 0.6) is 0 Å². The van der Waals surface area contributed by atoms with Crippen molar-refractivity contribution in [3.05, 3.63) is 18.2 Å². The van der Waals surface area contributed by atoms with Gasteiger partial charge >= 0.3 is 0 Å². The summed E-state index contributed by atoms with van der Waals surface area (Å²) in [5, 5.41) is 3.28. The lowest BCUT2D eigenvalue weighted by molar-refractivity contribution is 0.553. The summed E-state index contributed by atoms with van der Waals surface area (Å²) < 4.78 is 25.1. The van der Waals surface area contributed by atoms with E-state index in [-0.39, 0.29) is 5.75 Å². The van der Waals surface area contributed by atoms with Gasteiger partial charge in [-0.2, -0.15) is 0 Å². The highest BCUT2D eigenvalue weighted by Crippen LogP contribution is 2.16. The van der Waals surface area contributed by atoms with E-state index < -0.39 is 14.6 Å². The molecule has 19 heavy (non-hydrogen) atoms. The molecule has 0 bridgehead atoms. The zero-order valence-electron chi connectivity index (χ0n) is 12.5. The SMILES string of the molecule is CC(C)NCc1cn(CCS(=O)(=O)C(C)(C)C)cn1. The van der Waals surface area contributed by atoms with E-state index in [1.54, 1.807) is 27.1 Å². The molecular weight excluding hydrogens is 262 g/mol. The molecule has 6 heteroatoms. The van der Waals surface area contributed by atoms with Crippen LogP contribution >= 0.6 is 0 Å². The molecule has 1 aromatic rings. The van der Waals surface area contributed by atoms with Crippen molar-refractivity contribution < 1.29 is 8.42 Å². The second-order valence-corrected chi connectivity index (χ2v) is 8.93. The monoisotopic (exact) mass is 287 g/mol. The third-order valence-corrected chi connectivity index (χ3v) is 5.52. The molecule has 0 aromatic carbocycles. The summed E-state index contributed by atoms with van der Waals surface area (Å²) in [5.74, 6) is 0.143. The van der Waals surface area contributed by atoms with Crippen LogP contribution in [0.25, 0.3) is 0 Å². The summed E-state index contributed by atoms with van der Waals surface area (Å²) in [6, 6.07) is 0.409. The van der Waals surface area contributed by atoms with Crippen LogP contribution in [0, 0.1) is 0 Å². The second-order valence-electron chi connectivity index (χ2n) is 6.07. The van der Waals surface area contributed by atoms with Crippen LogP contribution in [0.4, 0.5) is 0 Å². The van der Waals surface area contributed by atoms with E-state index in [1.165, 1.54) is 0 Å². The third kappa shape index (κ3) is 4.95. The molecule has 1 rings (SSSR count). The van der Waals surface area contributed by atoms with Crippen molar-refractivity contribution in [2.24, 2.45) is 0 Å². The van der Waals surface area contributed by atoms with Gasteiger partial charge in [-0.15, -0.1) is 0 Å². The molecule has 0 aliphatic rings. The zero-order chi connectivity index (χ0) is 14.7. The molecule has 110 valence electrons. The van der Waals surface area contributed by atoms with Gasteiger partial charge in [0, 0.05) is 25.3 Å². The summed E-state index contributed by atoms with van der Waals surface area (Å²) in [4.78, 5) is 4.26. The van der Waals surface area contributed by atoms with Gasteiger partial charge in [-0.05, 0) is 20.8 Å². The number of aromatic nitrogens is 2. The van der Waals surface area contributed by atoms with Gasteiger partial charge in [-0.3, -0.25) is 0 Å². The largest absolute Gasteiger partial charge is 0.336 e. The number of imidazole rings is 1. The fourth-order valence-electron chi connectivity index (χ4n) is 1.46. The number of rotatable bonds is 6. The molecule has 0 atom stereocenters. The van der Waals surface area contributed by atoms with E-state index in [4.69, 9.17) is 0 Å². The molecule has 0 unspecified atom stereocenters. The Balaban J connectivity index is 2.56. The van der Waals surface area contributed by atoms with Crippen molar-refractivity contribution in [2.45, 2.75) is 58.5 Å². The minimum atomic E-state index is -3.08. The predicted molar refractivity (Wildman–Crippen MR) is 77.7 cm³/mol. The van der Waals surface area contributed by atoms with Gasteiger partial charge in [-0.25, -0.2) is 13.4 Å². The van der Waals surface area contributed by atoms with Crippen molar-refractivity contribution >= 4 is 9.84 Å². The molecule has 0 saturated heterocycles. The van der Waals surface area contributed by atoms with Crippen LogP contribution in [-0.2, 0) is 22.9 Å². The average Bonchev–Trinajstić information content (AvgIpc) is 2.70. The topological polar surface area (TPSA) is 64.0 Å². The van der Waals surface area contributed by atoms with Crippen LogP contribution in [-0.4, -0.2) is 34.5 Å². The Bertz CT molecular complexity index is 498. The molecule has 0 radical (unpaired) electrons. The molecule has 1 aromatic heterocycles. The molecule has 0 amide bonds. The van der Waals surface area contributed by atoms with Gasteiger partial charge in [0.05, 0.1) is 22.5 Å². The van der Waals surface area contributed by atoms with Crippen molar-refractivity contribution in [3.8, 4) is 0 Å². The lowest BCUT2D eigenvalue weighted by Crippen LogP contribution is -2.31. The van der Waals surface area contributed by atoms with E-state index in [0.29, 0.717) is 19.1 Å². The smallest absolute Gasteiger partial charge is 0.156 e. The summed E-state index contributed by atoms with van der Waals surface area (Å²) in [6.07, 6.45) is 3.59. The molecule has 5 nitrogen and oxygen atoms in total. The average molecular weight is 287 g/mol. The van der Waals surface area contributed by atoms with Crippen molar-refractivity contribution in [1.29, 1.82) is 0 Å². The van der Waals surface area contributed by atoms with Crippen LogP contribution in [0.15, 0.2) is 12.5 Å². The quantitative estimate of drug-likeness (QED) is 0.863. The highest BCUT2D eigenvalue weighted by Gasteiger charge is 2.28. The van der Waals surface area contributed by atoms with Gasteiger partial charge in [0.15, 0.2) is 9.84 Å². The maximum Gasteiger partial charge on any atom is 0.156 e. The number of nitrogens with zero attached hydrogens (tertiary/aromatic N) is 2. The minimum absolute atomic E-state index is 0.143. The number of hydrogen-bond acceptors (Lipinski definition) is 4. The Morgan fingerprint density at radius 3 is 2.53 bits per heavy atom. The first-order valence-electron chi connectivity index (χ1n) is 6.58. The van der Waals surface area contributed by atoms with Crippen molar-refractivity contribution in [3.63, 3.8) is 0 Å². The Morgan fingerprint density at radius 2 is 2.00 bits per heavy atom. The lowest BCUT2D eigenvalue weighted by Gasteiger charge is -2.19. The number of nitrogens with one attached hydrogen (secondary N) is 1. The maximum atomic E-state index is 12.0. The molecule has 0 aliphatic heterocycles. The molecule has 0 aliphatic carbocycles. The van der Waals surface area contributed by atoms with Gasteiger partial charge in [0.1, 0.15) is 0 Å². The Kier molecular flexibility index (Phi) is 5.15. The second kappa shape index (κ2) is 6.05. The van der Waals surface area contributed by atoms with Crippen molar-refractivity contribution in [2.75, 3.05) is 5.75 Å². The van der Waals surface area contributed by atoms with Gasteiger partial charge in [-0.1, -0.05) is 13.8 Å². The van der Waals surface area contributed by atoms with E-state index in [2.05, 4.69) is 24.1 Å². The van der Waals surface area contributed by atoms with Crippen molar-refractivity contribution in [1.82, 2.24) is 14.9 Å². The minimum Gasteiger partial charge on any atom is -0.336 e. The summed E-state index contributed by atoms with van der Waals surface area (Å²) in [6.45, 7) is 10.5. The number of aryl methyl sites for hydroxylation is 1. The lowest BCUT2D eigenvalue weighted by atomic mass is 10.3. The van der Waals surface area contributed by atoms with Gasteiger partial charge < -0.3 is 9.88 Å². The maximum absolute atomic E-state index is 12.0. The van der Waals surface area contributed by atoms with Crippen LogP contribution in [0.3, 0.4) is 0 Å². The first kappa shape index (κ1) is 16.2. The molecule has 0 fully saturated rings. The standard InChI is InChI=1S/C13H25N3O2S/c1-11(2)14-8-12-9-16(10-15-12)6-7-19(17,18)13(3,4)5/h9-11,14H,6-8H2,1-5H3. The van der Waals surface area contributed by atoms with Crippen LogP contribution < -0.4 is 5.32 Å². The highest BCUT2D eigenvalue weighted by molar-refractivity contribution is 7.92. The first-order valence-corrected chi connectivity index (χ1v) is 8.23. The Hall–Kier alpha value is -0.880. The summed E-state index contributed by atoms with van der Waals surface area (Å²) in [7, 11) is -3.08.